The van der Waals surface area contributed by atoms with E-state index < -0.39 is 0 Å². The Hall–Kier alpha value is -1.35. The maximum absolute atomic E-state index is 12.2. The first-order valence-corrected chi connectivity index (χ1v) is 7.13. The third kappa shape index (κ3) is 3.80. The molecule has 1 saturated heterocycles. The molecule has 1 fully saturated rings. The van der Waals surface area contributed by atoms with Crippen molar-refractivity contribution in [3.8, 4) is 0 Å². The van der Waals surface area contributed by atoms with Gasteiger partial charge in [0.2, 0.25) is 5.91 Å². The molecule has 3 heteroatoms. The van der Waals surface area contributed by atoms with Crippen molar-refractivity contribution in [2.24, 2.45) is 0 Å². The molecule has 1 heterocycles. The lowest BCUT2D eigenvalue weighted by atomic mass is 10.0. The fourth-order valence-electron chi connectivity index (χ4n) is 2.68. The van der Waals surface area contributed by atoms with Gasteiger partial charge >= 0.3 is 0 Å². The molecule has 104 valence electrons. The average Bonchev–Trinajstić information content (AvgIpc) is 2.37. The summed E-state index contributed by atoms with van der Waals surface area (Å²) in [7, 11) is 0. The number of piperazine rings is 1. The Balaban J connectivity index is 1.89. The first kappa shape index (κ1) is 14.1. The minimum absolute atomic E-state index is 0.285. The van der Waals surface area contributed by atoms with Crippen molar-refractivity contribution in [2.75, 3.05) is 19.6 Å². The van der Waals surface area contributed by atoms with Crippen molar-refractivity contribution in [1.82, 2.24) is 10.2 Å². The highest BCUT2D eigenvalue weighted by atomic mass is 16.2. The van der Waals surface area contributed by atoms with Gasteiger partial charge in [0.1, 0.15) is 0 Å². The Bertz CT molecular complexity index is 456. The Morgan fingerprint density at radius 1 is 1.42 bits per heavy atom. The van der Waals surface area contributed by atoms with Crippen molar-refractivity contribution in [3.63, 3.8) is 0 Å². The molecule has 0 radical (unpaired) electrons. The molecule has 0 spiro atoms. The van der Waals surface area contributed by atoms with Crippen molar-refractivity contribution >= 4 is 5.91 Å². The van der Waals surface area contributed by atoms with Crippen molar-refractivity contribution in [1.29, 1.82) is 0 Å². The van der Waals surface area contributed by atoms with Crippen molar-refractivity contribution < 1.29 is 4.79 Å². The van der Waals surface area contributed by atoms with Crippen LogP contribution in [0.15, 0.2) is 18.2 Å². The maximum Gasteiger partial charge on any atom is 0.222 e. The molecule has 1 aromatic carbocycles. The van der Waals surface area contributed by atoms with Crippen LogP contribution in [0.3, 0.4) is 0 Å². The largest absolute Gasteiger partial charge is 0.340 e. The van der Waals surface area contributed by atoms with Gasteiger partial charge in [-0.1, -0.05) is 23.8 Å². The summed E-state index contributed by atoms with van der Waals surface area (Å²) in [6.45, 7) is 8.95. The smallest absolute Gasteiger partial charge is 0.222 e. The fourth-order valence-corrected chi connectivity index (χ4v) is 2.68. The van der Waals surface area contributed by atoms with E-state index in [1.807, 2.05) is 4.90 Å². The molecule has 1 unspecified atom stereocenters. The highest BCUT2D eigenvalue weighted by Gasteiger charge is 2.20. The predicted molar refractivity (Wildman–Crippen MR) is 78.3 cm³/mol. The van der Waals surface area contributed by atoms with Gasteiger partial charge in [0.05, 0.1) is 0 Å². The lowest BCUT2D eigenvalue weighted by Crippen LogP contribution is -2.51. The first-order valence-electron chi connectivity index (χ1n) is 7.13. The molecule has 1 aliphatic rings. The number of carbonyl (C=O) groups is 1. The summed E-state index contributed by atoms with van der Waals surface area (Å²) in [6.07, 6.45) is 1.47. The van der Waals surface area contributed by atoms with E-state index in [-0.39, 0.29) is 5.91 Å². The summed E-state index contributed by atoms with van der Waals surface area (Å²) < 4.78 is 0. The van der Waals surface area contributed by atoms with Gasteiger partial charge in [-0.25, -0.2) is 0 Å². The number of nitrogens with one attached hydrogen (secondary N) is 1. The molecule has 19 heavy (non-hydrogen) atoms. The quantitative estimate of drug-likeness (QED) is 0.902. The lowest BCUT2D eigenvalue weighted by molar-refractivity contribution is -0.132. The summed E-state index contributed by atoms with van der Waals surface area (Å²) in [5.41, 5.74) is 3.87. The van der Waals surface area contributed by atoms with Crippen LogP contribution in [0, 0.1) is 13.8 Å². The van der Waals surface area contributed by atoms with Crippen LogP contribution in [0.2, 0.25) is 0 Å². The van der Waals surface area contributed by atoms with Crippen LogP contribution in [0.5, 0.6) is 0 Å². The van der Waals surface area contributed by atoms with Gasteiger partial charge in [-0.05, 0) is 38.3 Å². The second kappa shape index (κ2) is 6.20. The summed E-state index contributed by atoms with van der Waals surface area (Å²) >= 11 is 0. The second-order valence-electron chi connectivity index (χ2n) is 5.62. The molecule has 0 saturated carbocycles. The number of nitrogens with zero attached hydrogens (tertiary/aromatic N) is 1. The Morgan fingerprint density at radius 3 is 2.89 bits per heavy atom. The standard InChI is InChI=1S/C16H24N2O/c1-12-4-5-15(13(2)10-12)6-7-16(19)18-9-8-17-14(3)11-18/h4-5,10,14,17H,6-9,11H2,1-3H3. The third-order valence-corrected chi connectivity index (χ3v) is 3.83. The van der Waals surface area contributed by atoms with E-state index in [1.165, 1.54) is 16.7 Å². The zero-order valence-electron chi connectivity index (χ0n) is 12.2. The minimum Gasteiger partial charge on any atom is -0.340 e. The van der Waals surface area contributed by atoms with Gasteiger partial charge in [-0.2, -0.15) is 0 Å². The van der Waals surface area contributed by atoms with Crippen molar-refractivity contribution in [2.45, 2.75) is 39.7 Å². The summed E-state index contributed by atoms with van der Waals surface area (Å²) in [5.74, 6) is 0.285. The summed E-state index contributed by atoms with van der Waals surface area (Å²) in [5, 5.41) is 3.36. The van der Waals surface area contributed by atoms with Gasteiger partial charge in [-0.3, -0.25) is 4.79 Å². The van der Waals surface area contributed by atoms with Crippen LogP contribution in [0.1, 0.15) is 30.0 Å². The molecule has 0 aliphatic carbocycles. The molecule has 0 bridgehead atoms. The van der Waals surface area contributed by atoms with Crippen LogP contribution in [0.25, 0.3) is 0 Å². The SMILES string of the molecule is Cc1ccc(CCC(=O)N2CCNC(C)C2)c(C)c1. The number of carbonyl (C=O) groups excluding carboxylic acids is 1. The number of hydrogen-bond acceptors (Lipinski definition) is 2. The van der Waals surface area contributed by atoms with Crippen LogP contribution in [-0.2, 0) is 11.2 Å². The molecule has 3 nitrogen and oxygen atoms in total. The van der Waals surface area contributed by atoms with Crippen molar-refractivity contribution in [3.05, 3.63) is 34.9 Å². The Kier molecular flexibility index (Phi) is 4.59. The van der Waals surface area contributed by atoms with E-state index in [0.29, 0.717) is 12.5 Å². The van der Waals surface area contributed by atoms with Crippen LogP contribution in [0.4, 0.5) is 0 Å². The maximum atomic E-state index is 12.2. The number of benzene rings is 1. The normalized spacial score (nSPS) is 19.5. The first-order chi connectivity index (χ1) is 9.06. The van der Waals surface area contributed by atoms with Crippen LogP contribution in [-0.4, -0.2) is 36.5 Å². The van der Waals surface area contributed by atoms with Gasteiger partial charge in [0.25, 0.3) is 0 Å². The molecule has 1 aliphatic heterocycles. The zero-order valence-corrected chi connectivity index (χ0v) is 12.2. The number of aryl methyl sites for hydroxylation is 3. The fraction of sp³-hybridized carbons (Fsp3) is 0.562. The second-order valence-corrected chi connectivity index (χ2v) is 5.62. The van der Waals surface area contributed by atoms with E-state index >= 15 is 0 Å². The van der Waals surface area contributed by atoms with Gasteiger partial charge < -0.3 is 10.2 Å². The zero-order chi connectivity index (χ0) is 13.8. The number of hydrogen-bond donors (Lipinski definition) is 1. The summed E-state index contributed by atoms with van der Waals surface area (Å²) in [6, 6.07) is 6.88. The number of rotatable bonds is 3. The molecule has 2 rings (SSSR count). The molecule has 1 atom stereocenters. The van der Waals surface area contributed by atoms with Crippen LogP contribution >= 0.6 is 0 Å². The van der Waals surface area contributed by atoms with Gasteiger partial charge in [0, 0.05) is 32.1 Å². The summed E-state index contributed by atoms with van der Waals surface area (Å²) in [4.78, 5) is 14.2. The lowest BCUT2D eigenvalue weighted by Gasteiger charge is -2.32. The minimum atomic E-state index is 0.285. The monoisotopic (exact) mass is 260 g/mol. The molecule has 1 aromatic rings. The predicted octanol–water partition coefficient (Wildman–Crippen LogP) is 2.06. The molecular weight excluding hydrogens is 236 g/mol. The Labute approximate surface area is 116 Å². The number of amides is 1. The van der Waals surface area contributed by atoms with E-state index in [2.05, 4.69) is 44.3 Å². The van der Waals surface area contributed by atoms with Crippen LogP contribution < -0.4 is 5.32 Å². The van der Waals surface area contributed by atoms with Gasteiger partial charge in [-0.15, -0.1) is 0 Å². The van der Waals surface area contributed by atoms with Gasteiger partial charge in [0.15, 0.2) is 0 Å². The molecule has 1 N–H and O–H groups in total. The van der Waals surface area contributed by atoms with E-state index in [4.69, 9.17) is 0 Å². The van der Waals surface area contributed by atoms with E-state index in [9.17, 15) is 4.79 Å². The average molecular weight is 260 g/mol. The molecule has 0 aromatic heterocycles. The topological polar surface area (TPSA) is 32.3 Å². The molecular formula is C16H24N2O. The van der Waals surface area contributed by atoms with E-state index in [1.54, 1.807) is 0 Å². The Morgan fingerprint density at radius 2 is 2.21 bits per heavy atom. The van der Waals surface area contributed by atoms with E-state index in [0.717, 1.165) is 26.1 Å². The highest BCUT2D eigenvalue weighted by Crippen LogP contribution is 2.13. The third-order valence-electron chi connectivity index (χ3n) is 3.83. The highest BCUT2D eigenvalue weighted by molar-refractivity contribution is 5.76. The molecule has 1 amide bonds.